The summed E-state index contributed by atoms with van der Waals surface area (Å²) in [5.41, 5.74) is 1.46. The Kier molecular flexibility index (Phi) is 3.78. The molecule has 0 saturated heterocycles. The number of anilines is 3. The van der Waals surface area contributed by atoms with Crippen LogP contribution in [-0.2, 0) is 0 Å². The van der Waals surface area contributed by atoms with Gasteiger partial charge in [-0.15, -0.1) is 0 Å². The number of furan rings is 1. The predicted octanol–water partition coefficient (Wildman–Crippen LogP) is 3.98. The molecule has 1 aromatic heterocycles. The van der Waals surface area contributed by atoms with Gasteiger partial charge in [-0.05, 0) is 24.3 Å². The van der Waals surface area contributed by atoms with Crippen molar-refractivity contribution in [2.24, 2.45) is 0 Å². The number of aromatic hydroxyl groups is 1. The minimum absolute atomic E-state index is 0.0627. The van der Waals surface area contributed by atoms with E-state index in [1.54, 1.807) is 12.1 Å². The topological polar surface area (TPSA) is 74.5 Å². The molecule has 110 valence electrons. The molecule has 1 amide bonds. The average Bonchev–Trinajstić information content (AvgIpc) is 2.90. The maximum atomic E-state index is 12.3. The van der Waals surface area contributed by atoms with Crippen molar-refractivity contribution < 1.29 is 14.3 Å². The lowest BCUT2D eigenvalue weighted by Gasteiger charge is -2.07. The van der Waals surface area contributed by atoms with Gasteiger partial charge in [0.1, 0.15) is 11.8 Å². The zero-order chi connectivity index (χ0) is 15.4. The lowest BCUT2D eigenvalue weighted by molar-refractivity contribution is 0.102. The second-order valence-corrected chi connectivity index (χ2v) is 4.64. The van der Waals surface area contributed by atoms with Crippen LogP contribution in [0.1, 0.15) is 10.4 Å². The third-order valence-electron chi connectivity index (χ3n) is 3.06. The Balaban J connectivity index is 1.84. The first kappa shape index (κ1) is 13.8. The first-order valence-electron chi connectivity index (χ1n) is 6.73. The van der Waals surface area contributed by atoms with E-state index in [0.29, 0.717) is 5.69 Å². The van der Waals surface area contributed by atoms with E-state index < -0.39 is 5.91 Å². The highest BCUT2D eigenvalue weighted by Crippen LogP contribution is 2.31. The predicted molar refractivity (Wildman–Crippen MR) is 84.5 cm³/mol. The minimum Gasteiger partial charge on any atom is -0.504 e. The Morgan fingerprint density at radius 1 is 0.909 bits per heavy atom. The molecule has 3 aromatic rings. The molecule has 3 N–H and O–H groups in total. The first-order valence-corrected chi connectivity index (χ1v) is 6.73. The van der Waals surface area contributed by atoms with Gasteiger partial charge in [0.2, 0.25) is 5.88 Å². The van der Waals surface area contributed by atoms with Crippen LogP contribution in [0.25, 0.3) is 0 Å². The molecule has 0 spiro atoms. The highest BCUT2D eigenvalue weighted by molar-refractivity contribution is 6.09. The quantitative estimate of drug-likeness (QED) is 0.680. The van der Waals surface area contributed by atoms with E-state index in [0.717, 1.165) is 12.0 Å². The van der Waals surface area contributed by atoms with Gasteiger partial charge in [0.25, 0.3) is 5.91 Å². The van der Waals surface area contributed by atoms with Crippen LogP contribution in [0, 0.1) is 0 Å². The van der Waals surface area contributed by atoms with E-state index in [9.17, 15) is 9.90 Å². The number of para-hydroxylation sites is 2. The maximum Gasteiger partial charge on any atom is 0.265 e. The zero-order valence-corrected chi connectivity index (χ0v) is 11.6. The van der Waals surface area contributed by atoms with Gasteiger partial charge in [-0.1, -0.05) is 36.4 Å². The fourth-order valence-electron chi connectivity index (χ4n) is 2.03. The highest BCUT2D eigenvalue weighted by Gasteiger charge is 2.21. The molecule has 5 heteroatoms. The molecular formula is C17H14N2O3. The molecule has 2 aromatic carbocycles. The van der Waals surface area contributed by atoms with Gasteiger partial charge < -0.3 is 20.2 Å². The Bertz CT molecular complexity index is 767. The minimum atomic E-state index is -0.448. The molecule has 0 radical (unpaired) electrons. The van der Waals surface area contributed by atoms with Crippen LogP contribution >= 0.6 is 0 Å². The van der Waals surface area contributed by atoms with Crippen molar-refractivity contribution in [2.45, 2.75) is 0 Å². The molecule has 0 aliphatic carbocycles. The Hall–Kier alpha value is -3.21. The summed E-state index contributed by atoms with van der Waals surface area (Å²) in [5, 5.41) is 15.5. The molecule has 0 fully saturated rings. The lowest BCUT2D eigenvalue weighted by atomic mass is 10.2. The summed E-state index contributed by atoms with van der Waals surface area (Å²) in [4.78, 5) is 12.3. The van der Waals surface area contributed by atoms with Crippen LogP contribution in [0.5, 0.6) is 5.75 Å². The number of nitrogens with one attached hydrogen (secondary N) is 2. The molecule has 0 aliphatic rings. The number of carbonyl (C=O) groups is 1. The first-order chi connectivity index (χ1) is 10.7. The molecule has 5 nitrogen and oxygen atoms in total. The normalized spacial score (nSPS) is 10.2. The average molecular weight is 294 g/mol. The second-order valence-electron chi connectivity index (χ2n) is 4.64. The summed E-state index contributed by atoms with van der Waals surface area (Å²) in [6.45, 7) is 0. The molecule has 0 aliphatic heterocycles. The Morgan fingerprint density at radius 3 is 2.14 bits per heavy atom. The lowest BCUT2D eigenvalue weighted by Crippen LogP contribution is -2.12. The second kappa shape index (κ2) is 6.05. The third kappa shape index (κ3) is 2.93. The molecule has 0 saturated carbocycles. The summed E-state index contributed by atoms with van der Waals surface area (Å²) >= 11 is 0. The number of hydrogen-bond donors (Lipinski definition) is 3. The maximum absolute atomic E-state index is 12.3. The van der Waals surface area contributed by atoms with Crippen molar-refractivity contribution >= 4 is 23.2 Å². The monoisotopic (exact) mass is 294 g/mol. The fraction of sp³-hybridized carbons (Fsp3) is 0. The molecule has 0 bridgehead atoms. The van der Waals surface area contributed by atoms with Crippen LogP contribution < -0.4 is 10.6 Å². The SMILES string of the molecule is O=C(Nc1ccccc1)c1c(O)coc1Nc1ccccc1. The number of benzene rings is 2. The van der Waals surface area contributed by atoms with E-state index in [2.05, 4.69) is 10.6 Å². The van der Waals surface area contributed by atoms with E-state index in [-0.39, 0.29) is 17.2 Å². The summed E-state index contributed by atoms with van der Waals surface area (Å²) in [6.07, 6.45) is 1.13. The van der Waals surface area contributed by atoms with Gasteiger partial charge in [0, 0.05) is 11.4 Å². The van der Waals surface area contributed by atoms with Crippen molar-refractivity contribution in [1.29, 1.82) is 0 Å². The van der Waals surface area contributed by atoms with Crippen molar-refractivity contribution in [3.8, 4) is 5.75 Å². The summed E-state index contributed by atoms with van der Waals surface area (Å²) in [7, 11) is 0. The summed E-state index contributed by atoms with van der Waals surface area (Å²) < 4.78 is 5.24. The number of amides is 1. The van der Waals surface area contributed by atoms with Crippen molar-refractivity contribution in [3.05, 3.63) is 72.5 Å². The van der Waals surface area contributed by atoms with Crippen molar-refractivity contribution in [1.82, 2.24) is 0 Å². The molecule has 1 heterocycles. The van der Waals surface area contributed by atoms with Crippen LogP contribution in [0.15, 0.2) is 71.3 Å². The Labute approximate surface area is 127 Å². The Morgan fingerprint density at radius 2 is 1.50 bits per heavy atom. The number of hydrogen-bond acceptors (Lipinski definition) is 4. The van der Waals surface area contributed by atoms with Gasteiger partial charge >= 0.3 is 0 Å². The third-order valence-corrected chi connectivity index (χ3v) is 3.06. The molecule has 0 atom stereocenters. The standard InChI is InChI=1S/C17H14N2O3/c20-14-11-22-17(19-13-9-5-2-6-10-13)15(14)16(21)18-12-7-3-1-4-8-12/h1-11,19-20H,(H,18,21). The summed E-state index contributed by atoms with van der Waals surface area (Å²) in [5.74, 6) is -0.472. The molecular weight excluding hydrogens is 280 g/mol. The van der Waals surface area contributed by atoms with E-state index >= 15 is 0 Å². The van der Waals surface area contributed by atoms with Crippen LogP contribution in [0.2, 0.25) is 0 Å². The summed E-state index contributed by atoms with van der Waals surface area (Å²) in [6, 6.07) is 18.3. The fourth-order valence-corrected chi connectivity index (χ4v) is 2.03. The largest absolute Gasteiger partial charge is 0.504 e. The van der Waals surface area contributed by atoms with Gasteiger partial charge in [-0.25, -0.2) is 0 Å². The molecule has 22 heavy (non-hydrogen) atoms. The zero-order valence-electron chi connectivity index (χ0n) is 11.6. The van der Waals surface area contributed by atoms with Crippen LogP contribution in [0.4, 0.5) is 17.3 Å². The van der Waals surface area contributed by atoms with Gasteiger partial charge in [0.15, 0.2) is 5.75 Å². The van der Waals surface area contributed by atoms with E-state index in [4.69, 9.17) is 4.42 Å². The van der Waals surface area contributed by atoms with Gasteiger partial charge in [-0.2, -0.15) is 0 Å². The molecule has 0 unspecified atom stereocenters. The number of carbonyl (C=O) groups excluding carboxylic acids is 1. The van der Waals surface area contributed by atoms with Crippen LogP contribution in [0.3, 0.4) is 0 Å². The van der Waals surface area contributed by atoms with Gasteiger partial charge in [0.05, 0.1) is 0 Å². The van der Waals surface area contributed by atoms with Gasteiger partial charge in [-0.3, -0.25) is 4.79 Å². The molecule has 3 rings (SSSR count). The number of rotatable bonds is 4. The van der Waals surface area contributed by atoms with E-state index in [1.165, 1.54) is 0 Å². The van der Waals surface area contributed by atoms with Crippen molar-refractivity contribution in [3.63, 3.8) is 0 Å². The highest BCUT2D eigenvalue weighted by atomic mass is 16.4. The van der Waals surface area contributed by atoms with Crippen molar-refractivity contribution in [2.75, 3.05) is 10.6 Å². The van der Waals surface area contributed by atoms with Crippen LogP contribution in [-0.4, -0.2) is 11.0 Å². The van der Waals surface area contributed by atoms with E-state index in [1.807, 2.05) is 48.5 Å². The smallest absolute Gasteiger partial charge is 0.265 e.